The molecule has 1 N–H and O–H groups in total. The molecule has 0 saturated heterocycles. The van der Waals surface area contributed by atoms with E-state index in [0.29, 0.717) is 25.6 Å². The van der Waals surface area contributed by atoms with Crippen LogP contribution in [-0.2, 0) is 11.2 Å². The van der Waals surface area contributed by atoms with E-state index in [0.717, 1.165) is 30.6 Å². The van der Waals surface area contributed by atoms with Crippen molar-refractivity contribution >= 4 is 5.91 Å². The minimum Gasteiger partial charge on any atom is -0.492 e. The lowest BCUT2D eigenvalue weighted by Gasteiger charge is -2.40. The number of benzene rings is 1. The largest absolute Gasteiger partial charge is 0.492 e. The number of carbonyl (C=O) groups excluding carboxylic acids is 1. The summed E-state index contributed by atoms with van der Waals surface area (Å²) in [4.78, 5) is 14.8. The van der Waals surface area contributed by atoms with Crippen LogP contribution >= 0.6 is 0 Å². The van der Waals surface area contributed by atoms with Gasteiger partial charge in [0.15, 0.2) is 0 Å². The Balaban J connectivity index is 1.68. The Hall–Kier alpha value is -1.55. The lowest BCUT2D eigenvalue weighted by Crippen LogP contribution is -2.49. The third-order valence-corrected chi connectivity index (χ3v) is 4.58. The highest BCUT2D eigenvalue weighted by atomic mass is 16.5. The van der Waals surface area contributed by atoms with Crippen LogP contribution < -0.4 is 4.74 Å². The van der Waals surface area contributed by atoms with E-state index in [4.69, 9.17) is 9.84 Å². The van der Waals surface area contributed by atoms with Gasteiger partial charge in [0, 0.05) is 19.2 Å². The predicted molar refractivity (Wildman–Crippen MR) is 80.2 cm³/mol. The maximum Gasteiger partial charge on any atom is 0.229 e. The Morgan fingerprint density at radius 3 is 2.86 bits per heavy atom. The highest BCUT2D eigenvalue weighted by Crippen LogP contribution is 2.31. The summed E-state index contributed by atoms with van der Waals surface area (Å²) in [5.74, 6) is 1.02. The van der Waals surface area contributed by atoms with Gasteiger partial charge in [-0.15, -0.1) is 0 Å². The van der Waals surface area contributed by atoms with Crippen LogP contribution in [0.2, 0.25) is 0 Å². The third kappa shape index (κ3) is 3.05. The van der Waals surface area contributed by atoms with Crippen LogP contribution in [0.3, 0.4) is 0 Å². The minimum absolute atomic E-state index is 0.0841. The van der Waals surface area contributed by atoms with E-state index in [9.17, 15) is 4.79 Å². The highest BCUT2D eigenvalue weighted by Gasteiger charge is 2.34. The van der Waals surface area contributed by atoms with Gasteiger partial charge in [0.1, 0.15) is 12.4 Å². The van der Waals surface area contributed by atoms with Gasteiger partial charge in [0.05, 0.1) is 5.92 Å². The van der Waals surface area contributed by atoms with Gasteiger partial charge in [-0.05, 0) is 43.7 Å². The van der Waals surface area contributed by atoms with Crippen molar-refractivity contribution in [2.24, 2.45) is 5.92 Å². The van der Waals surface area contributed by atoms with Gasteiger partial charge in [0.25, 0.3) is 0 Å². The van der Waals surface area contributed by atoms with Gasteiger partial charge in [-0.25, -0.2) is 0 Å². The van der Waals surface area contributed by atoms with Crippen LogP contribution in [0.5, 0.6) is 5.75 Å². The molecule has 1 aromatic rings. The molecule has 4 nitrogen and oxygen atoms in total. The van der Waals surface area contributed by atoms with E-state index in [1.54, 1.807) is 0 Å². The molecule has 1 heterocycles. The predicted octanol–water partition coefficient (Wildman–Crippen LogP) is 2.00. The van der Waals surface area contributed by atoms with E-state index in [2.05, 4.69) is 0 Å². The Bertz CT molecular complexity index is 499. The highest BCUT2D eigenvalue weighted by molar-refractivity contribution is 5.80. The molecule has 1 aliphatic carbocycles. The molecule has 1 aliphatic heterocycles. The molecule has 0 radical (unpaired) electrons. The van der Waals surface area contributed by atoms with Crippen molar-refractivity contribution in [1.29, 1.82) is 0 Å². The Kier molecular flexibility index (Phi) is 4.44. The maximum atomic E-state index is 12.8. The second kappa shape index (κ2) is 6.48. The average Bonchev–Trinajstić information content (AvgIpc) is 2.48. The topological polar surface area (TPSA) is 49.8 Å². The first-order chi connectivity index (χ1) is 10.3. The Morgan fingerprint density at radius 1 is 1.33 bits per heavy atom. The van der Waals surface area contributed by atoms with Crippen molar-refractivity contribution in [2.45, 2.75) is 38.1 Å². The zero-order valence-electron chi connectivity index (χ0n) is 12.3. The molecule has 4 heteroatoms. The van der Waals surface area contributed by atoms with Crippen LogP contribution in [0.1, 0.15) is 31.2 Å². The van der Waals surface area contributed by atoms with Gasteiger partial charge < -0.3 is 14.7 Å². The first-order valence-corrected chi connectivity index (χ1v) is 7.91. The molecule has 1 amide bonds. The van der Waals surface area contributed by atoms with Crippen LogP contribution in [0.25, 0.3) is 0 Å². The first kappa shape index (κ1) is 14.4. The molecular formula is C17H23NO3. The number of para-hydroxylation sites is 1. The number of aliphatic hydroxyl groups excluding tert-OH is 1. The van der Waals surface area contributed by atoms with Gasteiger partial charge in [-0.1, -0.05) is 18.2 Å². The van der Waals surface area contributed by atoms with E-state index >= 15 is 0 Å². The lowest BCUT2D eigenvalue weighted by atomic mass is 9.88. The standard InChI is InChI=1S/C17H23NO3/c19-10-4-9-18(15-6-3-7-15)17(20)14-11-13-5-1-2-8-16(13)21-12-14/h1-2,5,8,14-15,19H,3-4,6-7,9-12H2. The summed E-state index contributed by atoms with van der Waals surface area (Å²) in [7, 11) is 0. The number of hydrogen-bond donors (Lipinski definition) is 1. The van der Waals surface area contributed by atoms with Crippen LogP contribution in [0.4, 0.5) is 0 Å². The monoisotopic (exact) mass is 289 g/mol. The molecule has 1 saturated carbocycles. The summed E-state index contributed by atoms with van der Waals surface area (Å²) in [6, 6.07) is 8.33. The number of nitrogens with zero attached hydrogens (tertiary/aromatic N) is 1. The Morgan fingerprint density at radius 2 is 2.14 bits per heavy atom. The molecule has 2 aliphatic rings. The third-order valence-electron chi connectivity index (χ3n) is 4.58. The number of hydrogen-bond acceptors (Lipinski definition) is 3. The molecule has 1 unspecified atom stereocenters. The van der Waals surface area contributed by atoms with Gasteiger partial charge in [-0.3, -0.25) is 4.79 Å². The van der Waals surface area contributed by atoms with Crippen LogP contribution in [0.15, 0.2) is 24.3 Å². The normalized spacial score (nSPS) is 21.1. The zero-order valence-corrected chi connectivity index (χ0v) is 12.3. The molecule has 21 heavy (non-hydrogen) atoms. The number of carbonyl (C=O) groups is 1. The summed E-state index contributed by atoms with van der Waals surface area (Å²) in [5, 5.41) is 9.05. The van der Waals surface area contributed by atoms with E-state index in [1.165, 1.54) is 6.42 Å². The summed E-state index contributed by atoms with van der Waals surface area (Å²) in [5.41, 5.74) is 1.12. The second-order valence-corrected chi connectivity index (χ2v) is 6.01. The van der Waals surface area contributed by atoms with Gasteiger partial charge >= 0.3 is 0 Å². The molecule has 114 valence electrons. The SMILES string of the molecule is O=C(C1COc2ccccc2C1)N(CCCO)C1CCC1. The van der Waals surface area contributed by atoms with Gasteiger partial charge in [0.2, 0.25) is 5.91 Å². The number of rotatable bonds is 5. The number of aliphatic hydroxyl groups is 1. The first-order valence-electron chi connectivity index (χ1n) is 7.91. The van der Waals surface area contributed by atoms with Crippen molar-refractivity contribution in [3.05, 3.63) is 29.8 Å². The summed E-state index contributed by atoms with van der Waals surface area (Å²) in [6.07, 6.45) is 4.82. The van der Waals surface area contributed by atoms with E-state index in [1.807, 2.05) is 29.2 Å². The number of amides is 1. The second-order valence-electron chi connectivity index (χ2n) is 6.01. The van der Waals surface area contributed by atoms with E-state index in [-0.39, 0.29) is 18.4 Å². The van der Waals surface area contributed by atoms with Crippen molar-refractivity contribution in [2.75, 3.05) is 19.8 Å². The van der Waals surface area contributed by atoms with Crippen molar-refractivity contribution in [1.82, 2.24) is 4.90 Å². The average molecular weight is 289 g/mol. The van der Waals surface area contributed by atoms with Crippen molar-refractivity contribution < 1.29 is 14.6 Å². The van der Waals surface area contributed by atoms with Gasteiger partial charge in [-0.2, -0.15) is 0 Å². The fourth-order valence-corrected chi connectivity index (χ4v) is 3.13. The summed E-state index contributed by atoms with van der Waals surface area (Å²) in [6.45, 7) is 1.27. The van der Waals surface area contributed by atoms with Crippen LogP contribution in [-0.4, -0.2) is 41.7 Å². The fraction of sp³-hybridized carbons (Fsp3) is 0.588. The summed E-state index contributed by atoms with van der Waals surface area (Å²) >= 11 is 0. The molecular weight excluding hydrogens is 266 g/mol. The molecule has 0 aromatic heterocycles. The van der Waals surface area contributed by atoms with E-state index < -0.39 is 0 Å². The minimum atomic E-state index is -0.0841. The molecule has 3 rings (SSSR count). The lowest BCUT2D eigenvalue weighted by molar-refractivity contribution is -0.141. The maximum absolute atomic E-state index is 12.8. The Labute approximate surface area is 125 Å². The summed E-state index contributed by atoms with van der Waals surface area (Å²) < 4.78 is 5.75. The van der Waals surface area contributed by atoms with Crippen molar-refractivity contribution in [3.63, 3.8) is 0 Å². The molecule has 0 spiro atoms. The quantitative estimate of drug-likeness (QED) is 0.902. The molecule has 0 bridgehead atoms. The number of ether oxygens (including phenoxy) is 1. The smallest absolute Gasteiger partial charge is 0.229 e. The van der Waals surface area contributed by atoms with Crippen molar-refractivity contribution in [3.8, 4) is 5.75 Å². The fourth-order valence-electron chi connectivity index (χ4n) is 3.13. The molecule has 1 aromatic carbocycles. The molecule has 1 atom stereocenters. The zero-order chi connectivity index (χ0) is 14.7. The van der Waals surface area contributed by atoms with Crippen LogP contribution in [0, 0.1) is 5.92 Å². The number of fused-ring (bicyclic) bond motifs is 1. The molecule has 1 fully saturated rings.